The van der Waals surface area contributed by atoms with Gasteiger partial charge in [0.25, 0.3) is 0 Å². The molecule has 2 unspecified atom stereocenters. The van der Waals surface area contributed by atoms with Crippen molar-refractivity contribution in [1.82, 2.24) is 5.32 Å². The van der Waals surface area contributed by atoms with Crippen LogP contribution in [-0.2, 0) is 4.74 Å². The molecule has 1 aromatic rings. The summed E-state index contributed by atoms with van der Waals surface area (Å²) in [5.41, 5.74) is 0. The highest BCUT2D eigenvalue weighted by Gasteiger charge is 2.21. The SMILES string of the molecule is CCC(OC)C(NC)c1ccc(Cl)s1. The van der Waals surface area contributed by atoms with E-state index in [-0.39, 0.29) is 12.1 Å². The number of hydrogen-bond donors (Lipinski definition) is 1. The van der Waals surface area contributed by atoms with E-state index in [4.69, 9.17) is 16.3 Å². The molecule has 4 heteroatoms. The Morgan fingerprint density at radius 2 is 2.29 bits per heavy atom. The molecule has 0 radical (unpaired) electrons. The maximum atomic E-state index is 5.90. The van der Waals surface area contributed by atoms with Gasteiger partial charge in [-0.3, -0.25) is 0 Å². The van der Waals surface area contributed by atoms with Crippen LogP contribution in [0.15, 0.2) is 12.1 Å². The van der Waals surface area contributed by atoms with Gasteiger partial charge in [0.2, 0.25) is 0 Å². The number of thiophene rings is 1. The van der Waals surface area contributed by atoms with Gasteiger partial charge in [-0.05, 0) is 25.6 Å². The third kappa shape index (κ3) is 2.70. The van der Waals surface area contributed by atoms with E-state index >= 15 is 0 Å². The Morgan fingerprint density at radius 3 is 2.64 bits per heavy atom. The Bertz CT molecular complexity index is 273. The van der Waals surface area contributed by atoms with Crippen molar-refractivity contribution >= 4 is 22.9 Å². The lowest BCUT2D eigenvalue weighted by Gasteiger charge is -2.23. The lowest BCUT2D eigenvalue weighted by molar-refractivity contribution is 0.0686. The van der Waals surface area contributed by atoms with Crippen LogP contribution in [0.5, 0.6) is 0 Å². The van der Waals surface area contributed by atoms with Crippen LogP contribution in [0.25, 0.3) is 0 Å². The van der Waals surface area contributed by atoms with E-state index in [1.54, 1.807) is 18.4 Å². The van der Waals surface area contributed by atoms with Crippen molar-refractivity contribution in [1.29, 1.82) is 0 Å². The van der Waals surface area contributed by atoms with E-state index in [2.05, 4.69) is 18.3 Å². The Morgan fingerprint density at radius 1 is 1.57 bits per heavy atom. The highest BCUT2D eigenvalue weighted by molar-refractivity contribution is 7.16. The van der Waals surface area contributed by atoms with Crippen LogP contribution >= 0.6 is 22.9 Å². The summed E-state index contributed by atoms with van der Waals surface area (Å²) in [6, 6.07) is 4.21. The molecular formula is C10H16ClNOS. The molecule has 0 aliphatic carbocycles. The summed E-state index contributed by atoms with van der Waals surface area (Å²) >= 11 is 7.50. The van der Waals surface area contributed by atoms with Crippen molar-refractivity contribution in [3.63, 3.8) is 0 Å². The fourth-order valence-corrected chi connectivity index (χ4v) is 2.77. The second-order valence-electron chi connectivity index (χ2n) is 3.09. The van der Waals surface area contributed by atoms with Crippen molar-refractivity contribution in [3.8, 4) is 0 Å². The molecule has 1 heterocycles. The van der Waals surface area contributed by atoms with Crippen LogP contribution in [0.3, 0.4) is 0 Å². The molecule has 0 saturated heterocycles. The average Bonchev–Trinajstić information content (AvgIpc) is 2.60. The normalized spacial score (nSPS) is 15.4. The van der Waals surface area contributed by atoms with Crippen molar-refractivity contribution in [2.24, 2.45) is 0 Å². The van der Waals surface area contributed by atoms with Crippen LogP contribution in [0, 0.1) is 0 Å². The minimum Gasteiger partial charge on any atom is -0.379 e. The average molecular weight is 234 g/mol. The fourth-order valence-electron chi connectivity index (χ4n) is 1.55. The molecule has 2 nitrogen and oxygen atoms in total. The standard InChI is InChI=1S/C10H16ClNOS/c1-4-7(13-3)10(12-2)8-5-6-9(11)14-8/h5-7,10,12H,4H2,1-3H3. The molecule has 0 aliphatic rings. The van der Waals surface area contributed by atoms with Gasteiger partial charge >= 0.3 is 0 Å². The third-order valence-electron chi connectivity index (χ3n) is 2.29. The van der Waals surface area contributed by atoms with E-state index < -0.39 is 0 Å². The zero-order valence-electron chi connectivity index (χ0n) is 8.71. The zero-order valence-corrected chi connectivity index (χ0v) is 10.3. The number of nitrogens with one attached hydrogen (secondary N) is 1. The predicted molar refractivity (Wildman–Crippen MR) is 62.2 cm³/mol. The first-order valence-electron chi connectivity index (χ1n) is 4.68. The van der Waals surface area contributed by atoms with Gasteiger partial charge in [-0.2, -0.15) is 0 Å². The second kappa shape index (κ2) is 5.71. The van der Waals surface area contributed by atoms with Gasteiger partial charge in [0.15, 0.2) is 0 Å². The van der Waals surface area contributed by atoms with Gasteiger partial charge in [0.05, 0.1) is 16.5 Å². The second-order valence-corrected chi connectivity index (χ2v) is 4.84. The highest BCUT2D eigenvalue weighted by Crippen LogP contribution is 2.30. The van der Waals surface area contributed by atoms with E-state index in [0.29, 0.717) is 0 Å². The monoisotopic (exact) mass is 233 g/mol. The molecular weight excluding hydrogens is 218 g/mol. The van der Waals surface area contributed by atoms with Gasteiger partial charge in [-0.25, -0.2) is 0 Å². The molecule has 0 fully saturated rings. The quantitative estimate of drug-likeness (QED) is 0.844. The topological polar surface area (TPSA) is 21.3 Å². The van der Waals surface area contributed by atoms with E-state index in [0.717, 1.165) is 10.8 Å². The largest absolute Gasteiger partial charge is 0.379 e. The molecule has 1 aromatic heterocycles. The maximum absolute atomic E-state index is 5.90. The Kier molecular flexibility index (Phi) is 4.89. The fraction of sp³-hybridized carbons (Fsp3) is 0.600. The van der Waals surface area contributed by atoms with Crippen molar-refractivity contribution in [2.75, 3.05) is 14.2 Å². The molecule has 1 N–H and O–H groups in total. The number of methoxy groups -OCH3 is 1. The van der Waals surface area contributed by atoms with Gasteiger partial charge in [0.1, 0.15) is 0 Å². The van der Waals surface area contributed by atoms with Crippen LogP contribution in [0.1, 0.15) is 24.3 Å². The molecule has 0 bridgehead atoms. The number of hydrogen-bond acceptors (Lipinski definition) is 3. The van der Waals surface area contributed by atoms with E-state index in [9.17, 15) is 0 Å². The summed E-state index contributed by atoms with van der Waals surface area (Å²) < 4.78 is 6.24. The van der Waals surface area contributed by atoms with Gasteiger partial charge in [-0.15, -0.1) is 11.3 Å². The van der Waals surface area contributed by atoms with Crippen LogP contribution in [-0.4, -0.2) is 20.3 Å². The molecule has 0 aliphatic heterocycles. The summed E-state index contributed by atoms with van der Waals surface area (Å²) in [6.45, 7) is 2.12. The van der Waals surface area contributed by atoms with Gasteiger partial charge < -0.3 is 10.1 Å². The number of likely N-dealkylation sites (N-methyl/N-ethyl adjacent to an activating group) is 1. The maximum Gasteiger partial charge on any atom is 0.0931 e. The van der Waals surface area contributed by atoms with Crippen LogP contribution in [0.4, 0.5) is 0 Å². The van der Waals surface area contributed by atoms with Gasteiger partial charge in [-0.1, -0.05) is 18.5 Å². The van der Waals surface area contributed by atoms with E-state index in [1.165, 1.54) is 4.88 Å². The van der Waals surface area contributed by atoms with Crippen molar-refractivity contribution in [2.45, 2.75) is 25.5 Å². The minimum absolute atomic E-state index is 0.203. The first kappa shape index (κ1) is 12.0. The minimum atomic E-state index is 0.203. The molecule has 0 spiro atoms. The molecule has 2 atom stereocenters. The van der Waals surface area contributed by atoms with Crippen LogP contribution < -0.4 is 5.32 Å². The molecule has 1 rings (SSSR count). The molecule has 0 amide bonds. The third-order valence-corrected chi connectivity index (χ3v) is 3.60. The predicted octanol–water partition coefficient (Wildman–Crippen LogP) is 3.09. The zero-order chi connectivity index (χ0) is 10.6. The number of halogens is 1. The molecule has 14 heavy (non-hydrogen) atoms. The molecule has 80 valence electrons. The lowest BCUT2D eigenvalue weighted by atomic mass is 10.1. The Hall–Kier alpha value is -0.0900. The summed E-state index contributed by atoms with van der Waals surface area (Å²) in [5, 5.41) is 3.26. The summed E-state index contributed by atoms with van der Waals surface area (Å²) in [7, 11) is 3.69. The summed E-state index contributed by atoms with van der Waals surface area (Å²) in [4.78, 5) is 1.23. The first-order valence-corrected chi connectivity index (χ1v) is 5.87. The summed E-state index contributed by atoms with van der Waals surface area (Å²) in [6.07, 6.45) is 1.19. The number of ether oxygens (including phenoxy) is 1. The van der Waals surface area contributed by atoms with Crippen LogP contribution in [0.2, 0.25) is 4.34 Å². The molecule has 0 saturated carbocycles. The summed E-state index contributed by atoms with van der Waals surface area (Å²) in [5.74, 6) is 0. The van der Waals surface area contributed by atoms with Crippen molar-refractivity contribution < 1.29 is 4.74 Å². The highest BCUT2D eigenvalue weighted by atomic mass is 35.5. The first-order chi connectivity index (χ1) is 6.72. The van der Waals surface area contributed by atoms with Gasteiger partial charge in [0, 0.05) is 12.0 Å². The smallest absolute Gasteiger partial charge is 0.0931 e. The number of rotatable bonds is 5. The lowest BCUT2D eigenvalue weighted by Crippen LogP contribution is -2.29. The Balaban J connectivity index is 2.80. The Labute approximate surface area is 94.2 Å². The molecule has 0 aromatic carbocycles. The van der Waals surface area contributed by atoms with Crippen molar-refractivity contribution in [3.05, 3.63) is 21.3 Å². The van der Waals surface area contributed by atoms with E-state index in [1.807, 2.05) is 13.1 Å².